The predicted molar refractivity (Wildman–Crippen MR) is 135 cm³/mol. The summed E-state index contributed by atoms with van der Waals surface area (Å²) in [5, 5.41) is 0. The second kappa shape index (κ2) is 10.7. The van der Waals surface area contributed by atoms with Crippen molar-refractivity contribution in [3.63, 3.8) is 0 Å². The van der Waals surface area contributed by atoms with Crippen LogP contribution in [0, 0.1) is 18.3 Å². The molecule has 1 aromatic heterocycles. The quantitative estimate of drug-likeness (QED) is 0.352. The first-order valence-electron chi connectivity index (χ1n) is 11.7. The lowest BCUT2D eigenvalue weighted by molar-refractivity contribution is 0.146. The molecule has 0 spiro atoms. The topological polar surface area (TPSA) is 61.0 Å². The zero-order valence-corrected chi connectivity index (χ0v) is 20.3. The van der Waals surface area contributed by atoms with E-state index in [4.69, 9.17) is 21.0 Å². The number of hydrogen-bond donors (Lipinski definition) is 0. The van der Waals surface area contributed by atoms with Gasteiger partial charge in [0.15, 0.2) is 0 Å². The molecule has 2 aromatic carbocycles. The van der Waals surface area contributed by atoms with Crippen molar-refractivity contribution in [1.29, 1.82) is 0 Å². The molecule has 0 bridgehead atoms. The molecular weight excluding hydrogens is 447 g/mol. The third-order valence-electron chi connectivity index (χ3n) is 6.37. The van der Waals surface area contributed by atoms with E-state index >= 15 is 0 Å². The molecule has 182 valence electrons. The third kappa shape index (κ3) is 5.20. The summed E-state index contributed by atoms with van der Waals surface area (Å²) in [6.07, 6.45) is 2.04. The Labute approximate surface area is 204 Å². The second-order valence-electron chi connectivity index (χ2n) is 8.81. The van der Waals surface area contributed by atoms with E-state index in [1.807, 2.05) is 0 Å². The smallest absolute Gasteiger partial charge is 0.263 e. The van der Waals surface area contributed by atoms with Crippen LogP contribution in [0.25, 0.3) is 27.2 Å². The van der Waals surface area contributed by atoms with Crippen LogP contribution >= 0.6 is 0 Å². The van der Waals surface area contributed by atoms with Crippen molar-refractivity contribution in [3.8, 4) is 28.1 Å². The molecule has 8 heteroatoms. The lowest BCUT2D eigenvalue weighted by Gasteiger charge is -2.32. The summed E-state index contributed by atoms with van der Waals surface area (Å²) in [6.45, 7) is 11.9. The number of anilines is 1. The molecule has 0 unspecified atom stereocenters. The highest BCUT2D eigenvalue weighted by molar-refractivity contribution is 5.82. The van der Waals surface area contributed by atoms with E-state index < -0.39 is 5.82 Å². The van der Waals surface area contributed by atoms with E-state index in [-0.39, 0.29) is 11.2 Å². The highest BCUT2D eigenvalue weighted by atomic mass is 19.1. The van der Waals surface area contributed by atoms with Crippen molar-refractivity contribution in [2.45, 2.75) is 19.8 Å². The fourth-order valence-electron chi connectivity index (χ4n) is 4.26. The summed E-state index contributed by atoms with van der Waals surface area (Å²) in [4.78, 5) is 23.9. The highest BCUT2D eigenvalue weighted by Crippen LogP contribution is 2.33. The first kappa shape index (κ1) is 24.4. The van der Waals surface area contributed by atoms with E-state index in [0.29, 0.717) is 53.2 Å². The molecule has 0 aliphatic carbocycles. The van der Waals surface area contributed by atoms with Crippen molar-refractivity contribution in [2.24, 2.45) is 13.0 Å². The molecule has 2 heterocycles. The number of halogens is 1. The summed E-state index contributed by atoms with van der Waals surface area (Å²) in [7, 11) is 3.33. The van der Waals surface area contributed by atoms with Gasteiger partial charge in [-0.1, -0.05) is 31.2 Å². The van der Waals surface area contributed by atoms with Crippen LogP contribution in [0.2, 0.25) is 0 Å². The molecular formula is C27H29FN4O3. The van der Waals surface area contributed by atoms with Crippen molar-refractivity contribution >= 4 is 11.6 Å². The normalized spacial score (nSPS) is 14.1. The van der Waals surface area contributed by atoms with Gasteiger partial charge in [-0.25, -0.2) is 14.2 Å². The van der Waals surface area contributed by atoms with Gasteiger partial charge in [0.05, 0.1) is 24.4 Å². The van der Waals surface area contributed by atoms with E-state index in [2.05, 4.69) is 16.7 Å². The molecule has 7 nitrogen and oxygen atoms in total. The fraction of sp³-hybridized carbons (Fsp3) is 0.370. The van der Waals surface area contributed by atoms with Crippen molar-refractivity contribution in [2.75, 3.05) is 38.3 Å². The standard InChI is InChI=1S/C27H29FN4O3/c1-18-11-13-32(14-12-18)27-30-25(20-7-10-23(29-2)22(28)17-20)24(26(33)31(27)3)19-5-8-21(9-6-19)35-16-15-34-4/h5-10,17-18H,11-16H2,1,3-4H3. The van der Waals surface area contributed by atoms with E-state index in [9.17, 15) is 9.18 Å². The number of benzene rings is 2. The van der Waals surface area contributed by atoms with Gasteiger partial charge in [0.25, 0.3) is 5.56 Å². The largest absolute Gasteiger partial charge is 0.491 e. The zero-order valence-electron chi connectivity index (χ0n) is 20.3. The molecule has 0 amide bonds. The SMILES string of the molecule is [C-]#[N+]c1ccc(-c2nc(N3CCC(C)CC3)n(C)c(=O)c2-c2ccc(OCCOC)cc2)cc1F. The molecule has 0 radical (unpaired) electrons. The number of piperidine rings is 1. The summed E-state index contributed by atoms with van der Waals surface area (Å²) in [5.41, 5.74) is 1.59. The molecule has 1 saturated heterocycles. The fourth-order valence-corrected chi connectivity index (χ4v) is 4.26. The minimum Gasteiger partial charge on any atom is -0.491 e. The number of ether oxygens (including phenoxy) is 2. The molecule has 3 aromatic rings. The number of hydrogen-bond acceptors (Lipinski definition) is 5. The average Bonchev–Trinajstić information content (AvgIpc) is 2.87. The zero-order chi connectivity index (χ0) is 24.9. The molecule has 1 aliphatic heterocycles. The number of rotatable bonds is 7. The molecule has 0 N–H and O–H groups in total. The van der Waals surface area contributed by atoms with Gasteiger partial charge >= 0.3 is 0 Å². The number of nitrogens with zero attached hydrogens (tertiary/aromatic N) is 4. The maximum atomic E-state index is 14.6. The van der Waals surface area contributed by atoms with Crippen molar-refractivity contribution in [1.82, 2.24) is 9.55 Å². The Morgan fingerprint density at radius 2 is 1.80 bits per heavy atom. The van der Waals surface area contributed by atoms with Gasteiger partial charge < -0.3 is 14.4 Å². The van der Waals surface area contributed by atoms with Gasteiger partial charge in [0, 0.05) is 32.8 Å². The predicted octanol–water partition coefficient (Wildman–Crippen LogP) is 5.07. The minimum atomic E-state index is -0.638. The van der Waals surface area contributed by atoms with Gasteiger partial charge in [-0.15, -0.1) is 0 Å². The molecule has 1 fully saturated rings. The minimum absolute atomic E-state index is 0.0677. The van der Waals surface area contributed by atoms with Crippen LogP contribution in [0.1, 0.15) is 19.8 Å². The summed E-state index contributed by atoms with van der Waals surface area (Å²) < 4.78 is 26.8. The Morgan fingerprint density at radius 1 is 1.11 bits per heavy atom. The van der Waals surface area contributed by atoms with Gasteiger partial charge in [-0.05, 0) is 42.5 Å². The monoisotopic (exact) mass is 476 g/mol. The average molecular weight is 477 g/mol. The molecule has 0 saturated carbocycles. The summed E-state index contributed by atoms with van der Waals surface area (Å²) >= 11 is 0. The van der Waals surface area contributed by atoms with Crippen LogP contribution in [0.5, 0.6) is 5.75 Å². The summed E-state index contributed by atoms with van der Waals surface area (Å²) in [5.74, 6) is 1.21. The number of aromatic nitrogens is 2. The summed E-state index contributed by atoms with van der Waals surface area (Å²) in [6, 6.07) is 11.5. The highest BCUT2D eigenvalue weighted by Gasteiger charge is 2.24. The maximum absolute atomic E-state index is 14.6. The van der Waals surface area contributed by atoms with Crippen LogP contribution in [0.3, 0.4) is 0 Å². The van der Waals surface area contributed by atoms with Crippen LogP contribution in [0.4, 0.5) is 16.0 Å². The lowest BCUT2D eigenvalue weighted by atomic mass is 9.98. The van der Waals surface area contributed by atoms with Crippen LogP contribution < -0.4 is 15.2 Å². The molecule has 0 atom stereocenters. The van der Waals surface area contributed by atoms with E-state index in [1.165, 1.54) is 12.1 Å². The van der Waals surface area contributed by atoms with Gasteiger partial charge in [0.2, 0.25) is 11.6 Å². The number of methoxy groups -OCH3 is 1. The van der Waals surface area contributed by atoms with Crippen molar-refractivity contribution in [3.05, 3.63) is 70.1 Å². The van der Waals surface area contributed by atoms with Gasteiger partial charge in [0.1, 0.15) is 18.2 Å². The Kier molecular flexibility index (Phi) is 7.47. The van der Waals surface area contributed by atoms with Crippen LogP contribution in [-0.2, 0) is 11.8 Å². The Hall–Kier alpha value is -3.70. The maximum Gasteiger partial charge on any atom is 0.263 e. The lowest BCUT2D eigenvalue weighted by Crippen LogP contribution is -2.38. The molecule has 4 rings (SSSR count). The van der Waals surface area contributed by atoms with Crippen LogP contribution in [0.15, 0.2) is 47.3 Å². The third-order valence-corrected chi connectivity index (χ3v) is 6.37. The van der Waals surface area contributed by atoms with Crippen molar-refractivity contribution < 1.29 is 13.9 Å². The first-order valence-corrected chi connectivity index (χ1v) is 11.7. The first-order chi connectivity index (χ1) is 16.9. The Bertz CT molecular complexity index is 1290. The van der Waals surface area contributed by atoms with Gasteiger partial charge in [-0.2, -0.15) is 0 Å². The molecule has 35 heavy (non-hydrogen) atoms. The van der Waals surface area contributed by atoms with E-state index in [1.54, 1.807) is 49.1 Å². The second-order valence-corrected chi connectivity index (χ2v) is 8.81. The van der Waals surface area contributed by atoms with Crippen LogP contribution in [-0.4, -0.2) is 43.0 Å². The van der Waals surface area contributed by atoms with E-state index in [0.717, 1.165) is 25.9 Å². The Morgan fingerprint density at radius 3 is 2.43 bits per heavy atom. The Balaban J connectivity index is 1.83. The molecule has 1 aliphatic rings. The van der Waals surface area contributed by atoms with Gasteiger partial charge in [-0.3, -0.25) is 9.36 Å².